The highest BCUT2D eigenvalue weighted by molar-refractivity contribution is 7.89. The van der Waals surface area contributed by atoms with E-state index in [1.165, 1.54) is 0 Å². The fourth-order valence-corrected chi connectivity index (χ4v) is 4.45. The third-order valence-corrected chi connectivity index (χ3v) is 5.50. The summed E-state index contributed by atoms with van der Waals surface area (Å²) in [6, 6.07) is 3.19. The zero-order valence-corrected chi connectivity index (χ0v) is 13.6. The lowest BCUT2D eigenvalue weighted by atomic mass is 10.1. The van der Waals surface area contributed by atoms with Gasteiger partial charge in [0.05, 0.1) is 24.2 Å². The first kappa shape index (κ1) is 16.2. The minimum Gasteiger partial charge on any atom is -0.497 e. The van der Waals surface area contributed by atoms with Crippen LogP contribution in [-0.2, 0) is 14.8 Å². The Morgan fingerprint density at radius 3 is 2.33 bits per heavy atom. The first-order valence-corrected chi connectivity index (χ1v) is 8.28. The van der Waals surface area contributed by atoms with Crippen LogP contribution < -0.4 is 14.8 Å². The fraction of sp³-hybridized carbons (Fsp3) is 0.571. The van der Waals surface area contributed by atoms with Gasteiger partial charge in [-0.05, 0) is 37.1 Å². The monoisotopic (exact) mass is 314 g/mol. The van der Waals surface area contributed by atoms with Gasteiger partial charge in [0.1, 0.15) is 5.75 Å². The molecule has 1 aliphatic rings. The van der Waals surface area contributed by atoms with Crippen LogP contribution in [0.2, 0.25) is 0 Å². The molecule has 1 aromatic carbocycles. The molecule has 21 heavy (non-hydrogen) atoms. The number of aryl methyl sites for hydroxylation is 2. The molecular weight excluding hydrogens is 292 g/mol. The average Bonchev–Trinajstić information content (AvgIpc) is 2.83. The average molecular weight is 314 g/mol. The minimum absolute atomic E-state index is 0.154. The Morgan fingerprint density at radius 2 is 1.81 bits per heavy atom. The first-order chi connectivity index (χ1) is 9.89. The first-order valence-electron chi connectivity index (χ1n) is 6.80. The summed E-state index contributed by atoms with van der Waals surface area (Å²) in [6.45, 7) is 4.74. The molecule has 2 rings (SSSR count). The lowest BCUT2D eigenvalue weighted by molar-refractivity contribution is 0.103. The van der Waals surface area contributed by atoms with E-state index in [1.54, 1.807) is 40.2 Å². The highest BCUT2D eigenvalue weighted by atomic mass is 32.2. The van der Waals surface area contributed by atoms with Crippen molar-refractivity contribution in [2.75, 3.05) is 27.3 Å². The van der Waals surface area contributed by atoms with Crippen LogP contribution in [0.4, 0.5) is 0 Å². The van der Waals surface area contributed by atoms with E-state index in [0.717, 1.165) is 0 Å². The molecule has 0 radical (unpaired) electrons. The van der Waals surface area contributed by atoms with Crippen molar-refractivity contribution < 1.29 is 17.9 Å². The Balaban J connectivity index is 2.32. The van der Waals surface area contributed by atoms with Crippen LogP contribution in [0.15, 0.2) is 17.0 Å². The van der Waals surface area contributed by atoms with Crippen molar-refractivity contribution in [3.63, 3.8) is 0 Å². The van der Waals surface area contributed by atoms with Crippen molar-refractivity contribution in [2.45, 2.75) is 30.9 Å². The van der Waals surface area contributed by atoms with E-state index in [1.807, 2.05) is 0 Å². The van der Waals surface area contributed by atoms with E-state index >= 15 is 0 Å². The van der Waals surface area contributed by atoms with E-state index in [4.69, 9.17) is 9.47 Å². The quantitative estimate of drug-likeness (QED) is 0.831. The molecule has 0 spiro atoms. The Kier molecular flexibility index (Phi) is 4.88. The number of sulfonamides is 1. The number of hydrogen-bond donors (Lipinski definition) is 2. The van der Waals surface area contributed by atoms with Crippen LogP contribution >= 0.6 is 0 Å². The number of hydrogen-bond acceptors (Lipinski definition) is 5. The number of nitrogens with one attached hydrogen (secondary N) is 2. The topological polar surface area (TPSA) is 76.7 Å². The highest BCUT2D eigenvalue weighted by Gasteiger charge is 2.32. The van der Waals surface area contributed by atoms with Crippen LogP contribution in [0.3, 0.4) is 0 Å². The number of methoxy groups -OCH3 is 2. The summed E-state index contributed by atoms with van der Waals surface area (Å²) in [5.41, 5.74) is 1.33. The van der Waals surface area contributed by atoms with Gasteiger partial charge in [0.25, 0.3) is 0 Å². The Labute approximate surface area is 125 Å². The molecule has 2 atom stereocenters. The van der Waals surface area contributed by atoms with Gasteiger partial charge in [-0.1, -0.05) is 0 Å². The second-order valence-corrected chi connectivity index (χ2v) is 6.90. The molecule has 118 valence electrons. The van der Waals surface area contributed by atoms with E-state index in [9.17, 15) is 8.42 Å². The van der Waals surface area contributed by atoms with Crippen LogP contribution in [0.1, 0.15) is 11.1 Å². The molecule has 7 heteroatoms. The zero-order chi connectivity index (χ0) is 15.6. The van der Waals surface area contributed by atoms with Crippen molar-refractivity contribution in [3.8, 4) is 5.75 Å². The van der Waals surface area contributed by atoms with Crippen molar-refractivity contribution in [3.05, 3.63) is 23.3 Å². The van der Waals surface area contributed by atoms with Gasteiger partial charge in [0.2, 0.25) is 10.0 Å². The summed E-state index contributed by atoms with van der Waals surface area (Å²) in [5, 5.41) is 3.12. The van der Waals surface area contributed by atoms with E-state index < -0.39 is 10.0 Å². The molecule has 1 fully saturated rings. The third-order valence-electron chi connectivity index (χ3n) is 3.71. The van der Waals surface area contributed by atoms with Gasteiger partial charge < -0.3 is 14.8 Å². The van der Waals surface area contributed by atoms with Crippen LogP contribution in [0.25, 0.3) is 0 Å². The number of ether oxygens (including phenoxy) is 2. The molecule has 1 aromatic rings. The summed E-state index contributed by atoms with van der Waals surface area (Å²) in [6.07, 6.45) is -0.154. The molecule has 6 nitrogen and oxygen atoms in total. The molecule has 1 unspecified atom stereocenters. The van der Waals surface area contributed by atoms with Gasteiger partial charge >= 0.3 is 0 Å². The van der Waals surface area contributed by atoms with E-state index in [2.05, 4.69) is 10.0 Å². The lowest BCUT2D eigenvalue weighted by Gasteiger charge is -2.20. The number of benzene rings is 1. The van der Waals surface area contributed by atoms with Crippen molar-refractivity contribution in [2.24, 2.45) is 0 Å². The molecule has 0 saturated carbocycles. The largest absolute Gasteiger partial charge is 0.497 e. The molecule has 1 aliphatic heterocycles. The van der Waals surface area contributed by atoms with Crippen LogP contribution in [0.5, 0.6) is 5.75 Å². The Bertz CT molecular complexity index is 592. The summed E-state index contributed by atoms with van der Waals surface area (Å²) in [4.78, 5) is 0.310. The Hall–Kier alpha value is -1.15. The van der Waals surface area contributed by atoms with Crippen LogP contribution in [-0.4, -0.2) is 47.9 Å². The second-order valence-electron chi connectivity index (χ2n) is 5.25. The SMILES string of the molecule is COc1cc(C)c(S(=O)(=O)NC2CNC[C@@H]2OC)c(C)c1. The van der Waals surface area contributed by atoms with Crippen molar-refractivity contribution >= 4 is 10.0 Å². The minimum atomic E-state index is -3.60. The predicted molar refractivity (Wildman–Crippen MR) is 80.2 cm³/mol. The number of rotatable bonds is 5. The predicted octanol–water partition coefficient (Wildman–Crippen LogP) is 0.577. The molecule has 0 amide bonds. The van der Waals surface area contributed by atoms with Gasteiger partial charge in [0, 0.05) is 20.2 Å². The summed E-state index contributed by atoms with van der Waals surface area (Å²) in [5.74, 6) is 0.654. The second kappa shape index (κ2) is 6.31. The molecule has 0 aliphatic carbocycles. The summed E-state index contributed by atoms with van der Waals surface area (Å²) in [7, 11) is -0.449. The summed E-state index contributed by atoms with van der Waals surface area (Å²) >= 11 is 0. The highest BCUT2D eigenvalue weighted by Crippen LogP contribution is 2.26. The third kappa shape index (κ3) is 3.37. The fourth-order valence-electron chi connectivity index (χ4n) is 2.73. The van der Waals surface area contributed by atoms with Gasteiger partial charge in [-0.2, -0.15) is 0 Å². The lowest BCUT2D eigenvalue weighted by Crippen LogP contribution is -2.43. The van der Waals surface area contributed by atoms with Gasteiger partial charge in [-0.15, -0.1) is 0 Å². The molecule has 0 bridgehead atoms. The van der Waals surface area contributed by atoms with E-state index in [-0.39, 0.29) is 12.1 Å². The molecule has 1 heterocycles. The van der Waals surface area contributed by atoms with Gasteiger partial charge in [-0.25, -0.2) is 13.1 Å². The van der Waals surface area contributed by atoms with Gasteiger partial charge in [0.15, 0.2) is 0 Å². The van der Waals surface area contributed by atoms with E-state index in [0.29, 0.717) is 34.9 Å². The molecular formula is C14H22N2O4S. The standard InChI is InChI=1S/C14H22N2O4S/c1-9-5-11(19-3)6-10(2)14(9)21(17,18)16-12-7-15-8-13(12)20-4/h5-6,12-13,15-16H,7-8H2,1-4H3/t12?,13-/m0/s1. The molecule has 0 aromatic heterocycles. The maximum atomic E-state index is 12.7. The van der Waals surface area contributed by atoms with Crippen molar-refractivity contribution in [1.82, 2.24) is 10.0 Å². The molecule has 1 saturated heterocycles. The normalized spacial score (nSPS) is 22.5. The maximum Gasteiger partial charge on any atom is 0.241 e. The Morgan fingerprint density at radius 1 is 1.19 bits per heavy atom. The van der Waals surface area contributed by atoms with Crippen LogP contribution in [0, 0.1) is 13.8 Å². The smallest absolute Gasteiger partial charge is 0.241 e. The zero-order valence-electron chi connectivity index (χ0n) is 12.8. The molecule has 2 N–H and O–H groups in total. The maximum absolute atomic E-state index is 12.7. The van der Waals surface area contributed by atoms with Crippen molar-refractivity contribution in [1.29, 1.82) is 0 Å². The summed E-state index contributed by atoms with van der Waals surface area (Å²) < 4.78 is 38.5. The van der Waals surface area contributed by atoms with Gasteiger partial charge in [-0.3, -0.25) is 0 Å².